The van der Waals surface area contributed by atoms with Gasteiger partial charge in [0.1, 0.15) is 5.82 Å². The van der Waals surface area contributed by atoms with Crippen molar-refractivity contribution in [3.63, 3.8) is 0 Å². The van der Waals surface area contributed by atoms with E-state index in [0.717, 1.165) is 18.3 Å². The van der Waals surface area contributed by atoms with Gasteiger partial charge in [-0.05, 0) is 5.92 Å². The lowest BCUT2D eigenvalue weighted by Crippen LogP contribution is -2.13. The molecule has 1 aromatic heterocycles. The highest BCUT2D eigenvalue weighted by Crippen LogP contribution is 2.09. The van der Waals surface area contributed by atoms with Gasteiger partial charge >= 0.3 is 0 Å². The quantitative estimate of drug-likeness (QED) is 0.755. The highest BCUT2D eigenvalue weighted by atomic mass is 15.3. The summed E-state index contributed by atoms with van der Waals surface area (Å²) >= 11 is 0. The highest BCUT2D eigenvalue weighted by molar-refractivity contribution is 5.31. The number of nitrogens with one attached hydrogen (secondary N) is 1. The maximum atomic E-state index is 4.26. The van der Waals surface area contributed by atoms with Crippen molar-refractivity contribution in [1.82, 2.24) is 9.78 Å². The molecular weight excluding hydrogens is 162 g/mol. The molecule has 0 bridgehead atoms. The van der Waals surface area contributed by atoms with E-state index in [1.54, 1.807) is 0 Å². The van der Waals surface area contributed by atoms with Crippen molar-refractivity contribution < 1.29 is 0 Å². The Morgan fingerprint density at radius 1 is 1.46 bits per heavy atom. The number of aromatic nitrogens is 2. The van der Waals surface area contributed by atoms with Crippen molar-refractivity contribution in [3.05, 3.63) is 12.3 Å². The standard InChI is InChI=1S/C10H19N3/c1-4-9(5-2)8-11-10-6-7-13(3)12-10/h6-7,9H,4-5,8H2,1-3H3,(H,11,12). The molecule has 0 radical (unpaired) electrons. The predicted octanol–water partition coefficient (Wildman–Crippen LogP) is 2.27. The van der Waals surface area contributed by atoms with Crippen LogP contribution in [-0.4, -0.2) is 16.3 Å². The molecule has 0 aromatic carbocycles. The molecule has 0 amide bonds. The van der Waals surface area contributed by atoms with Crippen molar-refractivity contribution in [1.29, 1.82) is 0 Å². The topological polar surface area (TPSA) is 29.9 Å². The summed E-state index contributed by atoms with van der Waals surface area (Å²) in [6.07, 6.45) is 4.42. The van der Waals surface area contributed by atoms with Gasteiger partial charge in [-0.3, -0.25) is 4.68 Å². The van der Waals surface area contributed by atoms with Crippen LogP contribution in [0.5, 0.6) is 0 Å². The first kappa shape index (κ1) is 10.1. The van der Waals surface area contributed by atoms with Gasteiger partial charge in [-0.2, -0.15) is 5.10 Å². The molecule has 74 valence electrons. The minimum atomic E-state index is 0.766. The SMILES string of the molecule is CCC(CC)CNc1ccn(C)n1. The molecule has 0 aliphatic carbocycles. The summed E-state index contributed by atoms with van der Waals surface area (Å²) in [7, 11) is 1.93. The smallest absolute Gasteiger partial charge is 0.147 e. The van der Waals surface area contributed by atoms with Crippen molar-refractivity contribution >= 4 is 5.82 Å². The van der Waals surface area contributed by atoms with Crippen LogP contribution in [0.15, 0.2) is 12.3 Å². The lowest BCUT2D eigenvalue weighted by Gasteiger charge is -2.12. The zero-order valence-electron chi connectivity index (χ0n) is 8.75. The van der Waals surface area contributed by atoms with Crippen LogP contribution in [-0.2, 0) is 7.05 Å². The van der Waals surface area contributed by atoms with Crippen molar-refractivity contribution in [2.45, 2.75) is 26.7 Å². The molecule has 0 fully saturated rings. The average molecular weight is 181 g/mol. The van der Waals surface area contributed by atoms with Crippen LogP contribution in [0.3, 0.4) is 0 Å². The fourth-order valence-corrected chi connectivity index (χ4v) is 1.34. The maximum Gasteiger partial charge on any atom is 0.147 e. The molecule has 1 N–H and O–H groups in total. The number of hydrogen-bond donors (Lipinski definition) is 1. The van der Waals surface area contributed by atoms with E-state index in [2.05, 4.69) is 24.3 Å². The van der Waals surface area contributed by atoms with Gasteiger partial charge in [0.05, 0.1) is 0 Å². The molecule has 0 atom stereocenters. The third kappa shape index (κ3) is 3.09. The fraction of sp³-hybridized carbons (Fsp3) is 0.700. The third-order valence-corrected chi connectivity index (χ3v) is 2.44. The summed E-state index contributed by atoms with van der Waals surface area (Å²) in [5.41, 5.74) is 0. The monoisotopic (exact) mass is 181 g/mol. The molecule has 0 aliphatic rings. The maximum absolute atomic E-state index is 4.26. The second-order valence-electron chi connectivity index (χ2n) is 3.44. The van der Waals surface area contributed by atoms with Gasteiger partial charge in [-0.15, -0.1) is 0 Å². The zero-order valence-corrected chi connectivity index (χ0v) is 8.75. The molecule has 1 heterocycles. The van der Waals surface area contributed by atoms with E-state index >= 15 is 0 Å². The first-order chi connectivity index (χ1) is 6.26. The first-order valence-corrected chi connectivity index (χ1v) is 4.99. The fourth-order valence-electron chi connectivity index (χ4n) is 1.34. The lowest BCUT2D eigenvalue weighted by molar-refractivity contribution is 0.518. The van der Waals surface area contributed by atoms with Gasteiger partial charge in [0, 0.05) is 25.9 Å². The number of hydrogen-bond acceptors (Lipinski definition) is 2. The Morgan fingerprint density at radius 2 is 2.15 bits per heavy atom. The van der Waals surface area contributed by atoms with Crippen LogP contribution >= 0.6 is 0 Å². The predicted molar refractivity (Wildman–Crippen MR) is 55.8 cm³/mol. The number of aryl methyl sites for hydroxylation is 1. The number of rotatable bonds is 5. The highest BCUT2D eigenvalue weighted by Gasteiger charge is 2.03. The van der Waals surface area contributed by atoms with E-state index in [4.69, 9.17) is 0 Å². The average Bonchev–Trinajstić information content (AvgIpc) is 2.53. The molecule has 0 aliphatic heterocycles. The number of anilines is 1. The summed E-state index contributed by atoms with van der Waals surface area (Å²) in [5.74, 6) is 1.75. The lowest BCUT2D eigenvalue weighted by atomic mass is 10.0. The van der Waals surface area contributed by atoms with E-state index < -0.39 is 0 Å². The van der Waals surface area contributed by atoms with Gasteiger partial charge in [-0.25, -0.2) is 0 Å². The van der Waals surface area contributed by atoms with E-state index in [9.17, 15) is 0 Å². The van der Waals surface area contributed by atoms with E-state index in [1.807, 2.05) is 24.0 Å². The van der Waals surface area contributed by atoms with Gasteiger partial charge in [0.2, 0.25) is 0 Å². The normalized spacial score (nSPS) is 10.8. The molecule has 13 heavy (non-hydrogen) atoms. The third-order valence-electron chi connectivity index (χ3n) is 2.44. The van der Waals surface area contributed by atoms with Gasteiger partial charge in [-0.1, -0.05) is 26.7 Å². The zero-order chi connectivity index (χ0) is 9.68. The van der Waals surface area contributed by atoms with Crippen molar-refractivity contribution in [2.24, 2.45) is 13.0 Å². The van der Waals surface area contributed by atoms with Crippen LogP contribution in [0.2, 0.25) is 0 Å². The summed E-state index contributed by atoms with van der Waals surface area (Å²) in [4.78, 5) is 0. The molecule has 0 saturated heterocycles. The summed E-state index contributed by atoms with van der Waals surface area (Å²) in [6, 6.07) is 2.00. The second-order valence-corrected chi connectivity index (χ2v) is 3.44. The van der Waals surface area contributed by atoms with E-state index in [1.165, 1.54) is 12.8 Å². The van der Waals surface area contributed by atoms with Crippen molar-refractivity contribution in [2.75, 3.05) is 11.9 Å². The van der Waals surface area contributed by atoms with Crippen LogP contribution < -0.4 is 5.32 Å². The molecule has 3 nitrogen and oxygen atoms in total. The van der Waals surface area contributed by atoms with E-state index in [0.29, 0.717) is 0 Å². The minimum Gasteiger partial charge on any atom is -0.368 e. The Morgan fingerprint density at radius 3 is 2.62 bits per heavy atom. The molecule has 3 heteroatoms. The molecule has 1 aromatic rings. The molecule has 0 spiro atoms. The summed E-state index contributed by atoms with van der Waals surface area (Å²) < 4.78 is 1.81. The van der Waals surface area contributed by atoms with Gasteiger partial charge < -0.3 is 5.32 Å². The van der Waals surface area contributed by atoms with Crippen LogP contribution in [0, 0.1) is 5.92 Å². The van der Waals surface area contributed by atoms with Crippen LogP contribution in [0.4, 0.5) is 5.82 Å². The Bertz CT molecular complexity index is 238. The molecule has 1 rings (SSSR count). The Hall–Kier alpha value is -0.990. The summed E-state index contributed by atoms with van der Waals surface area (Å²) in [6.45, 7) is 5.49. The molecule has 0 unspecified atom stereocenters. The minimum absolute atomic E-state index is 0.766. The van der Waals surface area contributed by atoms with Crippen molar-refractivity contribution in [3.8, 4) is 0 Å². The van der Waals surface area contributed by atoms with Crippen LogP contribution in [0.1, 0.15) is 26.7 Å². The number of nitrogens with zero attached hydrogens (tertiary/aromatic N) is 2. The Kier molecular flexibility index (Phi) is 3.80. The Labute approximate surface area is 80.1 Å². The van der Waals surface area contributed by atoms with E-state index in [-0.39, 0.29) is 0 Å². The second kappa shape index (κ2) is 4.90. The Balaban J connectivity index is 2.33. The van der Waals surface area contributed by atoms with Crippen LogP contribution in [0.25, 0.3) is 0 Å². The molecular formula is C10H19N3. The van der Waals surface area contributed by atoms with Gasteiger partial charge in [0.15, 0.2) is 0 Å². The largest absolute Gasteiger partial charge is 0.368 e. The first-order valence-electron chi connectivity index (χ1n) is 4.99. The molecule has 0 saturated carbocycles. The van der Waals surface area contributed by atoms with Gasteiger partial charge in [0.25, 0.3) is 0 Å². The summed E-state index contributed by atoms with van der Waals surface area (Å²) in [5, 5.41) is 7.59.